The molecule has 0 fully saturated rings. The van der Waals surface area contributed by atoms with E-state index in [9.17, 15) is 4.79 Å². The van der Waals surface area contributed by atoms with E-state index < -0.39 is 7.27 Å². The van der Waals surface area contributed by atoms with Gasteiger partial charge in [0.2, 0.25) is 0 Å². The van der Waals surface area contributed by atoms with E-state index in [1.807, 2.05) is 0 Å². The second-order valence-electron chi connectivity index (χ2n) is 0.965. The van der Waals surface area contributed by atoms with Gasteiger partial charge in [-0.05, 0) is 11.9 Å². The molecule has 1 rings (SSSR count). The average Bonchev–Trinajstić information content (AvgIpc) is 1.61. The molecular weight excluding hydrogens is 118 g/mol. The first-order valence-corrected chi connectivity index (χ1v) is 3.79. The molecule has 1 unspecified atom stereocenters. The highest BCUT2D eigenvalue weighted by Gasteiger charge is 2.15. The van der Waals surface area contributed by atoms with E-state index in [-0.39, 0.29) is 5.52 Å². The van der Waals surface area contributed by atoms with Crippen molar-refractivity contribution < 1.29 is 4.79 Å². The maximum absolute atomic E-state index is 10.0. The summed E-state index contributed by atoms with van der Waals surface area (Å²) in [6.45, 7) is 0. The van der Waals surface area contributed by atoms with Crippen LogP contribution in [0.1, 0.15) is 0 Å². The molecule has 6 heavy (non-hydrogen) atoms. The minimum atomic E-state index is -0.826. The summed E-state index contributed by atoms with van der Waals surface area (Å²) in [6.07, 6.45) is 1.50. The Morgan fingerprint density at radius 2 is 2.33 bits per heavy atom. The van der Waals surface area contributed by atoms with Crippen LogP contribution in [0.3, 0.4) is 0 Å². The fraction of sp³-hybridized carbons (Fsp3) is 0. The Labute approximate surface area is 41.5 Å². The van der Waals surface area contributed by atoms with Crippen molar-refractivity contribution in [1.29, 1.82) is 0 Å². The van der Waals surface area contributed by atoms with Crippen molar-refractivity contribution in [2.24, 2.45) is 0 Å². The highest BCUT2D eigenvalue weighted by atomic mass is 35.7. The van der Waals surface area contributed by atoms with Crippen LogP contribution in [0, 0.1) is 0 Å². The van der Waals surface area contributed by atoms with Crippen molar-refractivity contribution in [2.75, 3.05) is 0 Å². The molecular formula is C3H2ClOP. The van der Waals surface area contributed by atoms with Crippen LogP contribution in [0.4, 0.5) is 0 Å². The van der Waals surface area contributed by atoms with E-state index in [0.717, 1.165) is 0 Å². The second kappa shape index (κ2) is 1.32. The molecule has 0 amide bonds. The summed E-state index contributed by atoms with van der Waals surface area (Å²) >= 11 is 5.33. The van der Waals surface area contributed by atoms with Gasteiger partial charge in [-0.2, -0.15) is 0 Å². The highest BCUT2D eigenvalue weighted by Crippen LogP contribution is 2.50. The minimum Gasteiger partial charge on any atom is -0.288 e. The van der Waals surface area contributed by atoms with E-state index in [1.54, 1.807) is 5.82 Å². The molecule has 0 aromatic rings. The van der Waals surface area contributed by atoms with E-state index in [4.69, 9.17) is 11.2 Å². The molecule has 0 saturated carbocycles. The lowest BCUT2D eigenvalue weighted by Gasteiger charge is -2.03. The topological polar surface area (TPSA) is 17.1 Å². The Kier molecular flexibility index (Phi) is 0.947. The van der Waals surface area contributed by atoms with Gasteiger partial charge in [0.25, 0.3) is 0 Å². The highest BCUT2D eigenvalue weighted by molar-refractivity contribution is 8.01. The predicted octanol–water partition coefficient (Wildman–Crippen LogP) is 1.68. The third-order valence-electron chi connectivity index (χ3n) is 0.559. The number of hydrogen-bond donors (Lipinski definition) is 0. The molecule has 0 bridgehead atoms. The van der Waals surface area contributed by atoms with Gasteiger partial charge in [0, 0.05) is 0 Å². The number of halogens is 1. The zero-order valence-electron chi connectivity index (χ0n) is 2.89. The normalized spacial score (nSPS) is 30.2. The lowest BCUT2D eigenvalue weighted by molar-refractivity contribution is -0.107. The summed E-state index contributed by atoms with van der Waals surface area (Å²) in [6, 6.07) is 0. The summed E-state index contributed by atoms with van der Waals surface area (Å²) in [7, 11) is -0.826. The summed E-state index contributed by atoms with van der Waals surface area (Å²) in [5, 5.41) is 0. The molecule has 1 nitrogen and oxygen atoms in total. The number of carbonyl (C=O) groups is 1. The van der Waals surface area contributed by atoms with Crippen molar-refractivity contribution in [3.8, 4) is 0 Å². The Morgan fingerprint density at radius 1 is 1.83 bits per heavy atom. The van der Waals surface area contributed by atoms with Crippen LogP contribution >= 0.6 is 18.5 Å². The molecule has 0 radical (unpaired) electrons. The molecule has 1 atom stereocenters. The van der Waals surface area contributed by atoms with Crippen LogP contribution in [0.15, 0.2) is 11.9 Å². The number of allylic oxidation sites excluding steroid dienone is 1. The number of hydrogen-bond acceptors (Lipinski definition) is 1. The second-order valence-corrected chi connectivity index (χ2v) is 3.42. The third kappa shape index (κ3) is 0.485. The monoisotopic (exact) mass is 120 g/mol. The van der Waals surface area contributed by atoms with Gasteiger partial charge in [-0.25, -0.2) is 0 Å². The molecule has 1 heterocycles. The average molecular weight is 120 g/mol. The van der Waals surface area contributed by atoms with Gasteiger partial charge < -0.3 is 0 Å². The fourth-order valence-electron chi connectivity index (χ4n) is 0.192. The van der Waals surface area contributed by atoms with Crippen molar-refractivity contribution in [2.45, 2.75) is 0 Å². The Hall–Kier alpha value is 0.130. The van der Waals surface area contributed by atoms with Crippen molar-refractivity contribution in [3.05, 3.63) is 11.9 Å². The Balaban J connectivity index is 2.67. The van der Waals surface area contributed by atoms with Gasteiger partial charge in [-0.1, -0.05) is 11.2 Å². The number of rotatable bonds is 0. The smallest absolute Gasteiger partial charge is 0.196 e. The quantitative estimate of drug-likeness (QED) is 0.445. The molecule has 0 aliphatic carbocycles. The maximum atomic E-state index is 10.0. The third-order valence-corrected chi connectivity index (χ3v) is 2.38. The van der Waals surface area contributed by atoms with E-state index in [2.05, 4.69) is 0 Å². The van der Waals surface area contributed by atoms with Gasteiger partial charge >= 0.3 is 0 Å². The van der Waals surface area contributed by atoms with Gasteiger partial charge in [0.15, 0.2) is 5.52 Å². The Bertz CT molecular complexity index is 109. The zero-order valence-corrected chi connectivity index (χ0v) is 4.54. The molecule has 0 spiro atoms. The van der Waals surface area contributed by atoms with Crippen molar-refractivity contribution in [1.82, 2.24) is 0 Å². The standard InChI is InChI=1S/C3H2ClOP/c4-6-2-1-3(6)5/h1-2H. The summed E-state index contributed by atoms with van der Waals surface area (Å²) in [4.78, 5) is 10.0. The van der Waals surface area contributed by atoms with Gasteiger partial charge in [0.05, 0.1) is 7.27 Å². The first-order valence-electron chi connectivity index (χ1n) is 1.48. The first kappa shape index (κ1) is 4.29. The van der Waals surface area contributed by atoms with Crippen LogP contribution in [-0.4, -0.2) is 5.52 Å². The lowest BCUT2D eigenvalue weighted by Crippen LogP contribution is -1.90. The Morgan fingerprint density at radius 3 is 2.33 bits per heavy atom. The summed E-state index contributed by atoms with van der Waals surface area (Å²) < 4.78 is 0. The fourth-order valence-corrected chi connectivity index (χ4v) is 0.913. The van der Waals surface area contributed by atoms with Crippen LogP contribution < -0.4 is 0 Å². The van der Waals surface area contributed by atoms with Crippen LogP contribution in [-0.2, 0) is 4.79 Å². The molecule has 3 heteroatoms. The first-order chi connectivity index (χ1) is 2.80. The zero-order chi connectivity index (χ0) is 4.57. The largest absolute Gasteiger partial charge is 0.288 e. The molecule has 0 N–H and O–H groups in total. The molecule has 1 aliphatic rings. The maximum Gasteiger partial charge on any atom is 0.196 e. The van der Waals surface area contributed by atoms with Gasteiger partial charge in [-0.3, -0.25) is 4.79 Å². The van der Waals surface area contributed by atoms with Crippen LogP contribution in [0.5, 0.6) is 0 Å². The summed E-state index contributed by atoms with van der Waals surface area (Å²) in [5.74, 6) is 1.72. The number of carbonyl (C=O) groups excluding carboxylic acids is 1. The molecule has 0 aromatic carbocycles. The lowest BCUT2D eigenvalue weighted by atomic mass is 10.7. The van der Waals surface area contributed by atoms with Crippen LogP contribution in [0.25, 0.3) is 0 Å². The minimum absolute atomic E-state index is 0.0895. The predicted molar refractivity (Wildman–Crippen MR) is 26.9 cm³/mol. The molecule has 1 aliphatic heterocycles. The van der Waals surface area contributed by atoms with Crippen LogP contribution in [0.2, 0.25) is 0 Å². The molecule has 32 valence electrons. The van der Waals surface area contributed by atoms with E-state index in [0.29, 0.717) is 0 Å². The SMILES string of the molecule is O=C1C=CP1Cl. The van der Waals surface area contributed by atoms with Gasteiger partial charge in [0.1, 0.15) is 0 Å². The summed E-state index contributed by atoms with van der Waals surface area (Å²) in [5.41, 5.74) is 0.0895. The van der Waals surface area contributed by atoms with Crippen molar-refractivity contribution >= 4 is 24.0 Å². The van der Waals surface area contributed by atoms with E-state index in [1.165, 1.54) is 6.08 Å². The molecule has 0 saturated heterocycles. The molecule has 0 aromatic heterocycles. The van der Waals surface area contributed by atoms with Gasteiger partial charge in [-0.15, -0.1) is 0 Å². The van der Waals surface area contributed by atoms with Crippen molar-refractivity contribution in [3.63, 3.8) is 0 Å². The van der Waals surface area contributed by atoms with E-state index >= 15 is 0 Å².